The summed E-state index contributed by atoms with van der Waals surface area (Å²) >= 11 is 0. The molecule has 2 rings (SSSR count). The summed E-state index contributed by atoms with van der Waals surface area (Å²) in [5.74, 6) is -0.189. The Bertz CT molecular complexity index is 700. The highest BCUT2D eigenvalue weighted by atomic mass is 16.3. The number of likely N-dealkylation sites (tertiary alicyclic amines) is 1. The lowest BCUT2D eigenvalue weighted by molar-refractivity contribution is -0.135. The number of carbonyl (C=O) groups excluding carboxylic acids is 3. The molecule has 1 aliphatic rings. The van der Waals surface area contributed by atoms with Crippen LogP contribution < -0.4 is 5.32 Å². The monoisotopic (exact) mass is 375 g/mol. The number of hydrogen-bond acceptors (Lipinski definition) is 4. The number of piperidine rings is 1. The summed E-state index contributed by atoms with van der Waals surface area (Å²) in [7, 11) is 3.29. The van der Waals surface area contributed by atoms with E-state index in [1.165, 1.54) is 9.80 Å². The molecule has 7 nitrogen and oxygen atoms in total. The van der Waals surface area contributed by atoms with Crippen molar-refractivity contribution in [2.75, 3.05) is 32.5 Å². The Balaban J connectivity index is 1.99. The smallest absolute Gasteiger partial charge is 0.321 e. The molecule has 3 amide bonds. The molecule has 1 aromatic carbocycles. The number of Topliss-reactive ketones (excluding diaryl/α,β-unsaturated/α-hetero) is 1. The zero-order valence-electron chi connectivity index (χ0n) is 16.5. The molecule has 0 radical (unpaired) electrons. The lowest BCUT2D eigenvalue weighted by atomic mass is 9.89. The van der Waals surface area contributed by atoms with Crippen molar-refractivity contribution in [1.29, 1.82) is 0 Å². The van der Waals surface area contributed by atoms with Gasteiger partial charge in [-0.3, -0.25) is 9.59 Å². The van der Waals surface area contributed by atoms with Crippen LogP contribution in [0.1, 0.15) is 43.5 Å². The van der Waals surface area contributed by atoms with Gasteiger partial charge < -0.3 is 20.2 Å². The minimum absolute atomic E-state index is 0.00418. The fraction of sp³-hybridized carbons (Fsp3) is 0.550. The Kier molecular flexibility index (Phi) is 6.59. The predicted octanol–water partition coefficient (Wildman–Crippen LogP) is 2.36. The van der Waals surface area contributed by atoms with E-state index in [2.05, 4.69) is 5.32 Å². The first-order chi connectivity index (χ1) is 12.6. The number of ketones is 1. The molecule has 1 atom stereocenters. The van der Waals surface area contributed by atoms with Gasteiger partial charge in [0.05, 0.1) is 18.6 Å². The molecule has 0 bridgehead atoms. The average Bonchev–Trinajstić information content (AvgIpc) is 2.61. The predicted molar refractivity (Wildman–Crippen MR) is 104 cm³/mol. The highest BCUT2D eigenvalue weighted by molar-refractivity contribution is 5.98. The Labute approximate surface area is 160 Å². The van der Waals surface area contributed by atoms with Crippen LogP contribution in [0.4, 0.5) is 10.5 Å². The van der Waals surface area contributed by atoms with Gasteiger partial charge in [-0.25, -0.2) is 4.79 Å². The first-order valence-electron chi connectivity index (χ1n) is 9.24. The number of nitrogens with one attached hydrogen (secondary N) is 1. The van der Waals surface area contributed by atoms with Crippen molar-refractivity contribution in [2.45, 2.75) is 38.7 Å². The minimum atomic E-state index is -1.20. The third kappa shape index (κ3) is 5.53. The summed E-state index contributed by atoms with van der Waals surface area (Å²) in [5, 5.41) is 13.5. The van der Waals surface area contributed by atoms with E-state index in [0.29, 0.717) is 30.6 Å². The van der Waals surface area contributed by atoms with E-state index in [9.17, 15) is 19.5 Å². The van der Waals surface area contributed by atoms with Crippen molar-refractivity contribution in [2.24, 2.45) is 5.92 Å². The van der Waals surface area contributed by atoms with Crippen LogP contribution in [0.5, 0.6) is 0 Å². The molecule has 2 N–H and O–H groups in total. The maximum absolute atomic E-state index is 12.5. The minimum Gasteiger partial charge on any atom is -0.387 e. The fourth-order valence-corrected chi connectivity index (χ4v) is 3.12. The number of aliphatic hydroxyl groups is 1. The van der Waals surface area contributed by atoms with Crippen molar-refractivity contribution in [1.82, 2.24) is 9.80 Å². The number of nitrogens with zero attached hydrogens (tertiary/aromatic N) is 2. The fourth-order valence-electron chi connectivity index (χ4n) is 3.12. The van der Waals surface area contributed by atoms with Crippen LogP contribution in [0, 0.1) is 5.92 Å². The molecule has 0 aliphatic carbocycles. The summed E-state index contributed by atoms with van der Waals surface area (Å²) in [6, 6.07) is 6.45. The van der Waals surface area contributed by atoms with Gasteiger partial charge in [0.15, 0.2) is 5.78 Å². The molecular weight excluding hydrogens is 346 g/mol. The van der Waals surface area contributed by atoms with Crippen molar-refractivity contribution in [3.63, 3.8) is 0 Å². The Hall–Kier alpha value is -2.41. The van der Waals surface area contributed by atoms with Gasteiger partial charge in [0.25, 0.3) is 0 Å². The second kappa shape index (κ2) is 8.52. The Morgan fingerprint density at radius 2 is 1.85 bits per heavy atom. The number of amides is 3. The number of benzene rings is 1. The molecule has 1 aliphatic heterocycles. The maximum Gasteiger partial charge on any atom is 0.321 e. The van der Waals surface area contributed by atoms with Gasteiger partial charge in [0.2, 0.25) is 5.91 Å². The number of carbonyl (C=O) groups is 3. The quantitative estimate of drug-likeness (QED) is 0.773. The Morgan fingerprint density at radius 3 is 2.41 bits per heavy atom. The number of β-amino-alcohol motifs (C(OH)–C–C–N with tert-alkyl or cyclic N) is 1. The summed E-state index contributed by atoms with van der Waals surface area (Å²) < 4.78 is 0. The van der Waals surface area contributed by atoms with Crippen molar-refractivity contribution < 1.29 is 19.5 Å². The van der Waals surface area contributed by atoms with Gasteiger partial charge in [-0.05, 0) is 37.1 Å². The standard InChI is InChI=1S/C20H29N3O4/c1-14(2)18(25)15-6-8-16(9-7-15)21-19(26)23-11-5-10-20(27,13-23)12-17(24)22(3)4/h6-9,14,27H,5,10-13H2,1-4H3,(H,21,26). The molecular formula is C20H29N3O4. The second-order valence-electron chi connectivity index (χ2n) is 7.74. The van der Waals surface area contributed by atoms with Crippen LogP contribution in [0.15, 0.2) is 24.3 Å². The summed E-state index contributed by atoms with van der Waals surface area (Å²) in [6.45, 7) is 4.32. The largest absolute Gasteiger partial charge is 0.387 e. The van der Waals surface area contributed by atoms with E-state index in [4.69, 9.17) is 0 Å². The van der Waals surface area contributed by atoms with E-state index in [0.717, 1.165) is 0 Å². The molecule has 1 unspecified atom stereocenters. The molecule has 7 heteroatoms. The SMILES string of the molecule is CC(C)C(=O)c1ccc(NC(=O)N2CCCC(O)(CC(=O)N(C)C)C2)cc1. The molecule has 148 valence electrons. The molecule has 1 heterocycles. The molecule has 1 saturated heterocycles. The summed E-state index contributed by atoms with van der Waals surface area (Å²) in [6.07, 6.45) is 1.12. The summed E-state index contributed by atoms with van der Waals surface area (Å²) in [5.41, 5.74) is -0.0128. The van der Waals surface area contributed by atoms with E-state index in [-0.39, 0.29) is 36.6 Å². The highest BCUT2D eigenvalue weighted by Gasteiger charge is 2.37. The average molecular weight is 375 g/mol. The van der Waals surface area contributed by atoms with Gasteiger partial charge in [-0.1, -0.05) is 13.8 Å². The van der Waals surface area contributed by atoms with Gasteiger partial charge >= 0.3 is 6.03 Å². The molecule has 0 spiro atoms. The van der Waals surface area contributed by atoms with Crippen molar-refractivity contribution >= 4 is 23.4 Å². The zero-order valence-corrected chi connectivity index (χ0v) is 16.5. The zero-order chi connectivity index (χ0) is 20.2. The highest BCUT2D eigenvalue weighted by Crippen LogP contribution is 2.26. The maximum atomic E-state index is 12.5. The number of hydrogen-bond donors (Lipinski definition) is 2. The van der Waals surface area contributed by atoms with Gasteiger partial charge in [-0.15, -0.1) is 0 Å². The van der Waals surface area contributed by atoms with Crippen molar-refractivity contribution in [3.05, 3.63) is 29.8 Å². The van der Waals surface area contributed by atoms with Crippen molar-refractivity contribution in [3.8, 4) is 0 Å². The van der Waals surface area contributed by atoms with E-state index >= 15 is 0 Å². The van der Waals surface area contributed by atoms with E-state index in [1.807, 2.05) is 13.8 Å². The van der Waals surface area contributed by atoms with Gasteiger partial charge in [0, 0.05) is 37.8 Å². The van der Waals surface area contributed by atoms with Crippen LogP contribution in [-0.4, -0.2) is 65.4 Å². The van der Waals surface area contributed by atoms with Crippen LogP contribution in [0.25, 0.3) is 0 Å². The third-order valence-electron chi connectivity index (χ3n) is 4.77. The molecule has 0 saturated carbocycles. The number of urea groups is 1. The van der Waals surface area contributed by atoms with Crippen LogP contribution in [0.3, 0.4) is 0 Å². The first kappa shape index (κ1) is 20.9. The molecule has 0 aromatic heterocycles. The van der Waals surface area contributed by atoms with E-state index in [1.54, 1.807) is 38.4 Å². The normalized spacial score (nSPS) is 19.7. The van der Waals surface area contributed by atoms with E-state index < -0.39 is 5.60 Å². The van der Waals surface area contributed by atoms with Gasteiger partial charge in [0.1, 0.15) is 0 Å². The van der Waals surface area contributed by atoms with Crippen LogP contribution >= 0.6 is 0 Å². The Morgan fingerprint density at radius 1 is 1.22 bits per heavy atom. The number of rotatable bonds is 5. The second-order valence-corrected chi connectivity index (χ2v) is 7.74. The lowest BCUT2D eigenvalue weighted by Crippen LogP contribution is -2.53. The first-order valence-corrected chi connectivity index (χ1v) is 9.24. The van der Waals surface area contributed by atoms with Gasteiger partial charge in [-0.2, -0.15) is 0 Å². The third-order valence-corrected chi connectivity index (χ3v) is 4.77. The van der Waals surface area contributed by atoms with Crippen LogP contribution in [-0.2, 0) is 4.79 Å². The molecule has 1 aromatic rings. The molecule has 1 fully saturated rings. The lowest BCUT2D eigenvalue weighted by Gasteiger charge is -2.39. The topological polar surface area (TPSA) is 90.0 Å². The number of anilines is 1. The van der Waals surface area contributed by atoms with Crippen LogP contribution in [0.2, 0.25) is 0 Å². The molecule has 27 heavy (non-hydrogen) atoms. The summed E-state index contributed by atoms with van der Waals surface area (Å²) in [4.78, 5) is 39.4.